The number of para-hydroxylation sites is 1. The van der Waals surface area contributed by atoms with E-state index in [-0.39, 0.29) is 35.6 Å². The molecule has 2 aliphatic heterocycles. The van der Waals surface area contributed by atoms with E-state index in [0.29, 0.717) is 44.2 Å². The number of hydrogen-bond donors (Lipinski definition) is 3. The average Bonchev–Trinajstić information content (AvgIpc) is 2.79. The number of piperidine rings is 1. The topological polar surface area (TPSA) is 133 Å². The summed E-state index contributed by atoms with van der Waals surface area (Å²) in [5.74, 6) is -1.75. The predicted octanol–water partition coefficient (Wildman–Crippen LogP) is 1.61. The fourth-order valence-electron chi connectivity index (χ4n) is 4.07. The van der Waals surface area contributed by atoms with Gasteiger partial charge in [0.2, 0.25) is 17.8 Å². The van der Waals surface area contributed by atoms with Gasteiger partial charge < -0.3 is 20.3 Å². The molecule has 0 saturated carbocycles. The van der Waals surface area contributed by atoms with E-state index in [4.69, 9.17) is 4.74 Å². The molecule has 2 aliphatic rings. The van der Waals surface area contributed by atoms with E-state index in [2.05, 4.69) is 20.6 Å². The molecule has 3 N–H and O–H groups in total. The fraction of sp³-hybridized carbons (Fsp3) is 0.409. The van der Waals surface area contributed by atoms with Crippen LogP contribution in [0.25, 0.3) is 0 Å². The first-order chi connectivity index (χ1) is 15.5. The van der Waals surface area contributed by atoms with Gasteiger partial charge >= 0.3 is 5.97 Å². The van der Waals surface area contributed by atoms with Crippen molar-refractivity contribution in [3.05, 3.63) is 46.2 Å². The first-order valence-electron chi connectivity index (χ1n) is 10.7. The minimum absolute atomic E-state index is 0.0979. The van der Waals surface area contributed by atoms with Crippen LogP contribution in [0.5, 0.6) is 0 Å². The number of benzene rings is 1. The molecule has 10 nitrogen and oxygen atoms in total. The Balaban J connectivity index is 1.54. The summed E-state index contributed by atoms with van der Waals surface area (Å²) in [4.78, 5) is 59.0. The molecule has 1 saturated heterocycles. The van der Waals surface area contributed by atoms with Crippen molar-refractivity contribution < 1.29 is 19.1 Å². The van der Waals surface area contributed by atoms with Crippen molar-refractivity contribution in [3.63, 3.8) is 0 Å². The van der Waals surface area contributed by atoms with E-state index in [1.54, 1.807) is 31.2 Å². The standard InChI is InChI=1S/C22H25N5O5/c1-2-32-21(31)13-8-10-27(11-9-13)22-25-18-17(20(30)26-22)15(12-16(28)24-18)19(29)23-14-6-4-3-5-7-14/h3-7,13,15H,2,8-12H2,1H3,(H,23,29)(H2,24,25,26,28,30)/t15-/m1/s1. The quantitative estimate of drug-likeness (QED) is 0.603. The van der Waals surface area contributed by atoms with E-state index >= 15 is 0 Å². The smallest absolute Gasteiger partial charge is 0.309 e. The fourth-order valence-corrected chi connectivity index (χ4v) is 4.07. The number of aromatic amines is 1. The Morgan fingerprint density at radius 2 is 1.91 bits per heavy atom. The number of carbonyl (C=O) groups is 3. The number of H-pyrrole nitrogens is 1. The lowest BCUT2D eigenvalue weighted by atomic mass is 9.92. The third-order valence-electron chi connectivity index (χ3n) is 5.71. The summed E-state index contributed by atoms with van der Waals surface area (Å²) in [5.41, 5.74) is 0.254. The molecule has 1 fully saturated rings. The lowest BCUT2D eigenvalue weighted by Gasteiger charge is -2.32. The van der Waals surface area contributed by atoms with Gasteiger partial charge in [0.05, 0.1) is 24.0 Å². The molecule has 168 valence electrons. The van der Waals surface area contributed by atoms with Crippen LogP contribution < -0.4 is 21.1 Å². The molecule has 0 bridgehead atoms. The number of fused-ring (bicyclic) bond motifs is 1. The van der Waals surface area contributed by atoms with Crippen molar-refractivity contribution in [1.29, 1.82) is 0 Å². The first-order valence-corrected chi connectivity index (χ1v) is 10.7. The van der Waals surface area contributed by atoms with E-state index in [9.17, 15) is 19.2 Å². The van der Waals surface area contributed by atoms with Crippen molar-refractivity contribution in [2.24, 2.45) is 5.92 Å². The second-order valence-corrected chi connectivity index (χ2v) is 7.83. The van der Waals surface area contributed by atoms with Crippen LogP contribution in [0, 0.1) is 5.92 Å². The zero-order chi connectivity index (χ0) is 22.7. The maximum atomic E-state index is 12.9. The highest BCUT2D eigenvalue weighted by Crippen LogP contribution is 2.31. The number of nitrogens with one attached hydrogen (secondary N) is 3. The summed E-state index contributed by atoms with van der Waals surface area (Å²) in [6, 6.07) is 8.84. The summed E-state index contributed by atoms with van der Waals surface area (Å²) in [5, 5.41) is 5.37. The van der Waals surface area contributed by atoms with Crippen molar-refractivity contribution >= 4 is 35.2 Å². The highest BCUT2D eigenvalue weighted by Gasteiger charge is 2.35. The van der Waals surface area contributed by atoms with Gasteiger partial charge in [-0.25, -0.2) is 0 Å². The number of nitrogens with zero attached hydrogens (tertiary/aromatic N) is 2. The Bertz CT molecular complexity index is 1080. The van der Waals surface area contributed by atoms with Crippen molar-refractivity contribution in [2.45, 2.75) is 32.1 Å². The lowest BCUT2D eigenvalue weighted by Crippen LogP contribution is -2.41. The van der Waals surface area contributed by atoms with E-state index in [1.165, 1.54) is 0 Å². The molecular weight excluding hydrogens is 414 g/mol. The molecule has 2 amide bonds. The number of esters is 1. The molecule has 2 aromatic rings. The highest BCUT2D eigenvalue weighted by atomic mass is 16.5. The second-order valence-electron chi connectivity index (χ2n) is 7.83. The monoisotopic (exact) mass is 439 g/mol. The largest absolute Gasteiger partial charge is 0.466 e. The third-order valence-corrected chi connectivity index (χ3v) is 5.71. The van der Waals surface area contributed by atoms with Crippen LogP contribution in [0.3, 0.4) is 0 Å². The van der Waals surface area contributed by atoms with Crippen LogP contribution in [0.1, 0.15) is 37.7 Å². The van der Waals surface area contributed by atoms with Gasteiger partial charge in [-0.15, -0.1) is 0 Å². The number of carbonyl (C=O) groups excluding carboxylic acids is 3. The summed E-state index contributed by atoms with van der Waals surface area (Å²) in [6.45, 7) is 3.14. The average molecular weight is 439 g/mol. The van der Waals surface area contributed by atoms with Crippen LogP contribution in [-0.2, 0) is 19.1 Å². The van der Waals surface area contributed by atoms with Gasteiger partial charge in [-0.05, 0) is 31.9 Å². The number of ether oxygens (including phenoxy) is 1. The van der Waals surface area contributed by atoms with Gasteiger partial charge in [-0.3, -0.25) is 24.2 Å². The van der Waals surface area contributed by atoms with Gasteiger partial charge in [0.1, 0.15) is 5.82 Å². The molecule has 0 unspecified atom stereocenters. The van der Waals surface area contributed by atoms with E-state index in [1.807, 2.05) is 11.0 Å². The minimum atomic E-state index is -0.946. The molecule has 0 aliphatic carbocycles. The number of aromatic nitrogens is 2. The van der Waals surface area contributed by atoms with Gasteiger partial charge in [0, 0.05) is 25.2 Å². The summed E-state index contributed by atoms with van der Waals surface area (Å²) < 4.78 is 5.09. The Kier molecular flexibility index (Phi) is 6.20. The number of amides is 2. The first kappa shape index (κ1) is 21.5. The number of anilines is 3. The van der Waals surface area contributed by atoms with Gasteiger partial charge in [-0.2, -0.15) is 4.98 Å². The maximum absolute atomic E-state index is 12.9. The molecule has 4 rings (SSSR count). The second kappa shape index (κ2) is 9.21. The lowest BCUT2D eigenvalue weighted by molar-refractivity contribution is -0.148. The van der Waals surface area contributed by atoms with Crippen LogP contribution in [0.2, 0.25) is 0 Å². The molecule has 1 atom stereocenters. The number of rotatable bonds is 5. The number of hydrogen-bond acceptors (Lipinski definition) is 7. The highest BCUT2D eigenvalue weighted by molar-refractivity contribution is 6.04. The summed E-state index contributed by atoms with van der Waals surface area (Å²) >= 11 is 0. The Labute approximate surface area is 184 Å². The molecular formula is C22H25N5O5. The van der Waals surface area contributed by atoms with Gasteiger partial charge in [0.25, 0.3) is 5.56 Å². The van der Waals surface area contributed by atoms with Crippen LogP contribution in [-0.4, -0.2) is 47.4 Å². The molecule has 1 aromatic heterocycles. The zero-order valence-electron chi connectivity index (χ0n) is 17.7. The molecule has 1 aromatic carbocycles. The normalized spacial score (nSPS) is 18.5. The van der Waals surface area contributed by atoms with E-state index in [0.717, 1.165) is 0 Å². The van der Waals surface area contributed by atoms with Crippen molar-refractivity contribution in [3.8, 4) is 0 Å². The minimum Gasteiger partial charge on any atom is -0.466 e. The SMILES string of the molecule is CCOC(=O)C1CCN(c2nc3c(c(=O)[nH]2)[C@H](C(=O)Nc2ccccc2)CC(=O)N3)CC1. The maximum Gasteiger partial charge on any atom is 0.309 e. The van der Waals surface area contributed by atoms with Gasteiger partial charge in [-0.1, -0.05) is 18.2 Å². The van der Waals surface area contributed by atoms with Crippen LogP contribution >= 0.6 is 0 Å². The van der Waals surface area contributed by atoms with Crippen molar-refractivity contribution in [2.75, 3.05) is 35.2 Å². The van der Waals surface area contributed by atoms with Crippen molar-refractivity contribution in [1.82, 2.24) is 9.97 Å². The molecule has 0 radical (unpaired) electrons. The molecule has 10 heteroatoms. The van der Waals surface area contributed by atoms with Crippen LogP contribution in [0.4, 0.5) is 17.5 Å². The summed E-state index contributed by atoms with van der Waals surface area (Å²) in [6.07, 6.45) is 1.02. The molecule has 3 heterocycles. The Morgan fingerprint density at radius 3 is 2.59 bits per heavy atom. The Morgan fingerprint density at radius 1 is 1.19 bits per heavy atom. The van der Waals surface area contributed by atoms with Gasteiger partial charge in [0.15, 0.2) is 0 Å². The zero-order valence-corrected chi connectivity index (χ0v) is 17.7. The summed E-state index contributed by atoms with van der Waals surface area (Å²) in [7, 11) is 0. The molecule has 32 heavy (non-hydrogen) atoms. The Hall–Kier alpha value is -3.69. The third kappa shape index (κ3) is 4.48. The van der Waals surface area contributed by atoms with Crippen LogP contribution in [0.15, 0.2) is 35.1 Å². The molecule has 0 spiro atoms. The predicted molar refractivity (Wildman–Crippen MR) is 117 cm³/mol. The van der Waals surface area contributed by atoms with E-state index < -0.39 is 17.4 Å².